The Bertz CT molecular complexity index is 218. The summed E-state index contributed by atoms with van der Waals surface area (Å²) in [6, 6.07) is 0.256. The predicted molar refractivity (Wildman–Crippen MR) is 62.4 cm³/mol. The van der Waals surface area contributed by atoms with Gasteiger partial charge in [0, 0.05) is 12.6 Å². The molecular weight excluding hydrogens is 188 g/mol. The molecule has 2 atom stereocenters. The number of amides is 1. The zero-order valence-electron chi connectivity index (χ0n) is 10.2. The van der Waals surface area contributed by atoms with Crippen molar-refractivity contribution in [2.75, 3.05) is 6.54 Å². The molecule has 15 heavy (non-hydrogen) atoms. The highest BCUT2D eigenvalue weighted by Crippen LogP contribution is 2.40. The molecule has 0 aromatic heterocycles. The zero-order valence-corrected chi connectivity index (χ0v) is 10.2. The summed E-state index contributed by atoms with van der Waals surface area (Å²) in [4.78, 5) is 12.0. The minimum Gasteiger partial charge on any atom is -0.353 e. The van der Waals surface area contributed by atoms with Crippen molar-refractivity contribution < 1.29 is 4.79 Å². The van der Waals surface area contributed by atoms with Gasteiger partial charge in [-0.3, -0.25) is 4.79 Å². The second-order valence-electron chi connectivity index (χ2n) is 4.99. The van der Waals surface area contributed by atoms with Gasteiger partial charge in [-0.1, -0.05) is 26.7 Å². The quantitative estimate of drug-likeness (QED) is 0.728. The highest BCUT2D eigenvalue weighted by molar-refractivity contribution is 5.84. The highest BCUT2D eigenvalue weighted by Gasteiger charge is 2.43. The molecule has 1 aliphatic rings. The second kappa shape index (κ2) is 4.97. The summed E-state index contributed by atoms with van der Waals surface area (Å²) in [6.45, 7) is 6.89. The number of rotatable bonds is 5. The van der Waals surface area contributed by atoms with E-state index in [1.165, 1.54) is 0 Å². The molecule has 0 aromatic rings. The van der Waals surface area contributed by atoms with Crippen LogP contribution in [0, 0.1) is 11.3 Å². The monoisotopic (exact) mass is 212 g/mol. The van der Waals surface area contributed by atoms with Gasteiger partial charge in [-0.2, -0.15) is 0 Å². The lowest BCUT2D eigenvalue weighted by molar-refractivity contribution is -0.136. The van der Waals surface area contributed by atoms with Crippen LogP contribution < -0.4 is 11.1 Å². The maximum absolute atomic E-state index is 12.0. The Balaban J connectivity index is 2.47. The van der Waals surface area contributed by atoms with Crippen LogP contribution in [0.3, 0.4) is 0 Å². The SMILES string of the molecule is CCC(C)C(C)NC(=O)C1(CN)CCC1. The second-order valence-corrected chi connectivity index (χ2v) is 4.99. The largest absolute Gasteiger partial charge is 0.353 e. The average Bonchev–Trinajstić information content (AvgIpc) is 2.15. The van der Waals surface area contributed by atoms with Gasteiger partial charge >= 0.3 is 0 Å². The van der Waals surface area contributed by atoms with Gasteiger partial charge in [-0.25, -0.2) is 0 Å². The summed E-state index contributed by atoms with van der Waals surface area (Å²) in [7, 11) is 0. The fourth-order valence-corrected chi connectivity index (χ4v) is 1.98. The van der Waals surface area contributed by atoms with Gasteiger partial charge in [0.25, 0.3) is 0 Å². The maximum atomic E-state index is 12.0. The standard InChI is InChI=1S/C12H24N2O/c1-4-9(2)10(3)14-11(15)12(8-13)6-5-7-12/h9-10H,4-8,13H2,1-3H3,(H,14,15). The van der Waals surface area contributed by atoms with Gasteiger partial charge in [0.05, 0.1) is 5.41 Å². The van der Waals surface area contributed by atoms with Crippen molar-refractivity contribution in [1.82, 2.24) is 5.32 Å². The van der Waals surface area contributed by atoms with Crippen LogP contribution in [0.2, 0.25) is 0 Å². The minimum absolute atomic E-state index is 0.170. The Morgan fingerprint density at radius 1 is 1.47 bits per heavy atom. The molecule has 3 heteroatoms. The van der Waals surface area contributed by atoms with Crippen LogP contribution in [0.25, 0.3) is 0 Å². The van der Waals surface area contributed by atoms with Crippen molar-refractivity contribution in [2.45, 2.75) is 52.5 Å². The number of carbonyl (C=O) groups is 1. The molecule has 0 bridgehead atoms. The molecule has 0 saturated heterocycles. The first-order chi connectivity index (χ1) is 7.05. The van der Waals surface area contributed by atoms with Crippen LogP contribution in [0.4, 0.5) is 0 Å². The van der Waals surface area contributed by atoms with Crippen molar-refractivity contribution in [3.8, 4) is 0 Å². The van der Waals surface area contributed by atoms with E-state index in [9.17, 15) is 4.79 Å². The normalized spacial score (nSPS) is 22.7. The van der Waals surface area contributed by atoms with E-state index < -0.39 is 0 Å². The Labute approximate surface area is 92.8 Å². The topological polar surface area (TPSA) is 55.1 Å². The lowest BCUT2D eigenvalue weighted by Crippen LogP contribution is -2.53. The first-order valence-corrected chi connectivity index (χ1v) is 6.07. The molecule has 0 aliphatic heterocycles. The Morgan fingerprint density at radius 3 is 2.40 bits per heavy atom. The van der Waals surface area contributed by atoms with Crippen LogP contribution in [0.5, 0.6) is 0 Å². The molecule has 88 valence electrons. The molecule has 0 aromatic carbocycles. The van der Waals surface area contributed by atoms with Gasteiger partial charge in [0.1, 0.15) is 0 Å². The summed E-state index contributed by atoms with van der Waals surface area (Å²) < 4.78 is 0. The fourth-order valence-electron chi connectivity index (χ4n) is 1.98. The average molecular weight is 212 g/mol. The highest BCUT2D eigenvalue weighted by atomic mass is 16.2. The summed E-state index contributed by atoms with van der Waals surface area (Å²) >= 11 is 0. The van der Waals surface area contributed by atoms with Crippen LogP contribution in [0.15, 0.2) is 0 Å². The third-order valence-corrected chi connectivity index (χ3v) is 4.04. The first-order valence-electron chi connectivity index (χ1n) is 6.07. The fraction of sp³-hybridized carbons (Fsp3) is 0.917. The molecule has 3 nitrogen and oxygen atoms in total. The van der Waals surface area contributed by atoms with Crippen molar-refractivity contribution >= 4 is 5.91 Å². The van der Waals surface area contributed by atoms with Crippen molar-refractivity contribution in [3.63, 3.8) is 0 Å². The van der Waals surface area contributed by atoms with E-state index in [1.54, 1.807) is 0 Å². The van der Waals surface area contributed by atoms with Gasteiger partial charge < -0.3 is 11.1 Å². The summed E-state index contributed by atoms with van der Waals surface area (Å²) in [5.41, 5.74) is 5.46. The number of nitrogens with one attached hydrogen (secondary N) is 1. The summed E-state index contributed by atoms with van der Waals surface area (Å²) in [5, 5.41) is 3.11. The van der Waals surface area contributed by atoms with Crippen LogP contribution in [-0.4, -0.2) is 18.5 Å². The zero-order chi connectivity index (χ0) is 11.5. The molecule has 0 spiro atoms. The smallest absolute Gasteiger partial charge is 0.227 e. The van der Waals surface area contributed by atoms with Gasteiger partial charge in [-0.15, -0.1) is 0 Å². The van der Waals surface area contributed by atoms with Crippen molar-refractivity contribution in [2.24, 2.45) is 17.1 Å². The van der Waals surface area contributed by atoms with Crippen molar-refractivity contribution in [1.29, 1.82) is 0 Å². The van der Waals surface area contributed by atoms with Gasteiger partial charge in [0.2, 0.25) is 5.91 Å². The van der Waals surface area contributed by atoms with Crippen molar-refractivity contribution in [3.05, 3.63) is 0 Å². The van der Waals surface area contributed by atoms with E-state index in [4.69, 9.17) is 5.73 Å². The maximum Gasteiger partial charge on any atom is 0.227 e. The lowest BCUT2D eigenvalue weighted by atomic mass is 9.68. The Morgan fingerprint density at radius 2 is 2.07 bits per heavy atom. The molecule has 2 unspecified atom stereocenters. The first kappa shape index (κ1) is 12.5. The van der Waals surface area contributed by atoms with Gasteiger partial charge in [0.15, 0.2) is 0 Å². The van der Waals surface area contributed by atoms with Crippen LogP contribution in [-0.2, 0) is 4.79 Å². The van der Waals surface area contributed by atoms with E-state index in [2.05, 4.69) is 26.1 Å². The van der Waals surface area contributed by atoms with E-state index in [1.807, 2.05) is 0 Å². The molecule has 3 N–H and O–H groups in total. The van der Waals surface area contributed by atoms with E-state index in [-0.39, 0.29) is 17.4 Å². The third kappa shape index (κ3) is 2.51. The number of carbonyl (C=O) groups excluding carboxylic acids is 1. The summed E-state index contributed by atoms with van der Waals surface area (Å²) in [6.07, 6.45) is 4.16. The predicted octanol–water partition coefficient (Wildman–Crippen LogP) is 1.67. The van der Waals surface area contributed by atoms with E-state index in [0.29, 0.717) is 12.5 Å². The molecule has 0 radical (unpaired) electrons. The molecule has 1 fully saturated rings. The summed E-state index contributed by atoms with van der Waals surface area (Å²) in [5.74, 6) is 0.702. The molecule has 1 rings (SSSR count). The Hall–Kier alpha value is -0.570. The minimum atomic E-state index is -0.234. The van der Waals surface area contributed by atoms with E-state index >= 15 is 0 Å². The van der Waals surface area contributed by atoms with Crippen LogP contribution >= 0.6 is 0 Å². The van der Waals surface area contributed by atoms with Gasteiger partial charge in [-0.05, 0) is 25.7 Å². The molecular formula is C12H24N2O. The Kier molecular flexibility index (Phi) is 4.14. The number of nitrogens with two attached hydrogens (primary N) is 1. The molecule has 1 saturated carbocycles. The third-order valence-electron chi connectivity index (χ3n) is 4.04. The van der Waals surface area contributed by atoms with Crippen LogP contribution in [0.1, 0.15) is 46.5 Å². The molecule has 1 aliphatic carbocycles. The number of hydrogen-bond acceptors (Lipinski definition) is 2. The van der Waals surface area contributed by atoms with E-state index in [0.717, 1.165) is 25.7 Å². The molecule has 1 amide bonds. The lowest BCUT2D eigenvalue weighted by Gasteiger charge is -2.40. The molecule has 0 heterocycles. The number of hydrogen-bond donors (Lipinski definition) is 2.